The lowest BCUT2D eigenvalue weighted by Gasteiger charge is -2.33. The Labute approximate surface area is 122 Å². The highest BCUT2D eigenvalue weighted by atomic mass is 16.3. The molecule has 0 radical (unpaired) electrons. The molecule has 118 valence electrons. The molecule has 0 bridgehead atoms. The van der Waals surface area contributed by atoms with Crippen molar-refractivity contribution in [3.05, 3.63) is 0 Å². The maximum atomic E-state index is 11.7. The molecule has 0 saturated carbocycles. The predicted molar refractivity (Wildman–Crippen MR) is 80.1 cm³/mol. The average Bonchev–Trinajstić information content (AvgIpc) is 2.31. The number of amides is 2. The van der Waals surface area contributed by atoms with Crippen molar-refractivity contribution >= 4 is 11.8 Å². The van der Waals surface area contributed by atoms with Gasteiger partial charge in [0.1, 0.15) is 0 Å². The topological polar surface area (TPSA) is 78.4 Å². The first-order valence-corrected chi connectivity index (χ1v) is 7.11. The van der Waals surface area contributed by atoms with Crippen molar-refractivity contribution in [2.24, 2.45) is 16.7 Å². The zero-order valence-electron chi connectivity index (χ0n) is 13.8. The van der Waals surface area contributed by atoms with Gasteiger partial charge in [-0.1, -0.05) is 48.5 Å². The Kier molecular flexibility index (Phi) is 6.68. The Morgan fingerprint density at radius 1 is 1.05 bits per heavy atom. The van der Waals surface area contributed by atoms with Crippen LogP contribution < -0.4 is 10.6 Å². The number of rotatable bonds is 6. The van der Waals surface area contributed by atoms with E-state index >= 15 is 0 Å². The fraction of sp³-hybridized carbons (Fsp3) is 0.867. The van der Waals surface area contributed by atoms with E-state index in [0.29, 0.717) is 6.54 Å². The lowest BCUT2D eigenvalue weighted by Crippen LogP contribution is -2.47. The minimum atomic E-state index is -0.507. The first-order chi connectivity index (χ1) is 8.88. The van der Waals surface area contributed by atoms with Crippen LogP contribution in [-0.2, 0) is 9.59 Å². The lowest BCUT2D eigenvalue weighted by atomic mass is 9.81. The van der Waals surface area contributed by atoms with Gasteiger partial charge in [-0.15, -0.1) is 0 Å². The number of hydrogen-bond donors (Lipinski definition) is 3. The highest BCUT2D eigenvalue weighted by Gasteiger charge is 2.30. The van der Waals surface area contributed by atoms with E-state index in [9.17, 15) is 14.7 Å². The van der Waals surface area contributed by atoms with Crippen LogP contribution in [0, 0.1) is 16.7 Å². The van der Waals surface area contributed by atoms with E-state index in [0.717, 1.165) is 0 Å². The summed E-state index contributed by atoms with van der Waals surface area (Å²) in [4.78, 5) is 23.3. The predicted octanol–water partition coefficient (Wildman–Crippen LogP) is 1.31. The summed E-state index contributed by atoms with van der Waals surface area (Å²) < 4.78 is 0. The van der Waals surface area contributed by atoms with Gasteiger partial charge in [0.25, 0.3) is 0 Å². The van der Waals surface area contributed by atoms with Gasteiger partial charge in [0.2, 0.25) is 11.8 Å². The fourth-order valence-electron chi connectivity index (χ4n) is 1.82. The molecule has 0 heterocycles. The highest BCUT2D eigenvalue weighted by Crippen LogP contribution is 2.24. The van der Waals surface area contributed by atoms with Crippen LogP contribution >= 0.6 is 0 Å². The first-order valence-electron chi connectivity index (χ1n) is 7.11. The molecule has 0 aromatic rings. The van der Waals surface area contributed by atoms with Crippen molar-refractivity contribution in [2.45, 2.75) is 54.6 Å². The molecule has 0 saturated heterocycles. The Bertz CT molecular complexity index is 344. The summed E-state index contributed by atoms with van der Waals surface area (Å²) in [5.41, 5.74) is -0.911. The van der Waals surface area contributed by atoms with Crippen LogP contribution in [0.3, 0.4) is 0 Å². The summed E-state index contributed by atoms with van der Waals surface area (Å²) in [5.74, 6) is -0.275. The second kappa shape index (κ2) is 7.07. The number of carbonyl (C=O) groups is 2. The molecule has 3 N–H and O–H groups in total. The van der Waals surface area contributed by atoms with Crippen molar-refractivity contribution in [3.63, 3.8) is 0 Å². The molecule has 0 aromatic heterocycles. The molecule has 1 atom stereocenters. The third-order valence-corrected chi connectivity index (χ3v) is 3.26. The third kappa shape index (κ3) is 6.37. The van der Waals surface area contributed by atoms with Crippen molar-refractivity contribution in [3.8, 4) is 0 Å². The SMILES string of the molecule is CC(C)C(O)C(C)(C)CNC(=O)CNC(=O)C(C)(C)C. The Hall–Kier alpha value is -1.10. The molecule has 0 aliphatic heterocycles. The average molecular weight is 286 g/mol. The number of aliphatic hydroxyl groups excluding tert-OH is 1. The quantitative estimate of drug-likeness (QED) is 0.689. The molecule has 2 amide bonds. The van der Waals surface area contributed by atoms with Gasteiger partial charge in [0, 0.05) is 17.4 Å². The highest BCUT2D eigenvalue weighted by molar-refractivity contribution is 5.87. The lowest BCUT2D eigenvalue weighted by molar-refractivity contribution is -0.131. The van der Waals surface area contributed by atoms with Crippen molar-refractivity contribution < 1.29 is 14.7 Å². The smallest absolute Gasteiger partial charge is 0.239 e. The van der Waals surface area contributed by atoms with Gasteiger partial charge in [-0.3, -0.25) is 9.59 Å². The van der Waals surface area contributed by atoms with Crippen molar-refractivity contribution in [1.82, 2.24) is 10.6 Å². The summed E-state index contributed by atoms with van der Waals surface area (Å²) in [6, 6.07) is 0. The van der Waals surface area contributed by atoms with E-state index < -0.39 is 16.9 Å². The maximum Gasteiger partial charge on any atom is 0.239 e. The van der Waals surface area contributed by atoms with E-state index in [-0.39, 0.29) is 24.3 Å². The summed E-state index contributed by atoms with van der Waals surface area (Å²) in [6.45, 7) is 13.4. The van der Waals surface area contributed by atoms with Gasteiger partial charge in [-0.25, -0.2) is 0 Å². The number of hydrogen-bond acceptors (Lipinski definition) is 3. The van der Waals surface area contributed by atoms with Gasteiger partial charge in [0.15, 0.2) is 0 Å². The van der Waals surface area contributed by atoms with Crippen LogP contribution in [0.15, 0.2) is 0 Å². The first kappa shape index (κ1) is 18.9. The fourth-order valence-corrected chi connectivity index (χ4v) is 1.82. The van der Waals surface area contributed by atoms with Crippen LogP contribution in [0.2, 0.25) is 0 Å². The van der Waals surface area contributed by atoms with Gasteiger partial charge in [0.05, 0.1) is 12.6 Å². The molecule has 1 unspecified atom stereocenters. The number of carbonyl (C=O) groups excluding carboxylic acids is 2. The third-order valence-electron chi connectivity index (χ3n) is 3.26. The molecular weight excluding hydrogens is 256 g/mol. The number of nitrogens with one attached hydrogen (secondary N) is 2. The Morgan fingerprint density at radius 2 is 1.55 bits per heavy atom. The summed E-state index contributed by atoms with van der Waals surface area (Å²) >= 11 is 0. The molecule has 0 rings (SSSR count). The normalized spacial score (nSPS) is 14.1. The monoisotopic (exact) mass is 286 g/mol. The minimum absolute atomic E-state index is 0.0377. The van der Waals surface area contributed by atoms with Crippen LogP contribution in [0.25, 0.3) is 0 Å². The van der Waals surface area contributed by atoms with Gasteiger partial charge >= 0.3 is 0 Å². The van der Waals surface area contributed by atoms with E-state index in [2.05, 4.69) is 10.6 Å². The van der Waals surface area contributed by atoms with Crippen LogP contribution in [-0.4, -0.2) is 36.1 Å². The van der Waals surface area contributed by atoms with Gasteiger partial charge < -0.3 is 15.7 Å². The van der Waals surface area contributed by atoms with Gasteiger partial charge in [-0.2, -0.15) is 0 Å². The zero-order valence-corrected chi connectivity index (χ0v) is 13.8. The Morgan fingerprint density at radius 3 is 1.95 bits per heavy atom. The van der Waals surface area contributed by atoms with Crippen molar-refractivity contribution in [1.29, 1.82) is 0 Å². The molecule has 0 aliphatic carbocycles. The van der Waals surface area contributed by atoms with E-state index in [1.165, 1.54) is 0 Å². The van der Waals surface area contributed by atoms with Gasteiger partial charge in [-0.05, 0) is 5.92 Å². The van der Waals surface area contributed by atoms with E-state index in [1.54, 1.807) is 20.8 Å². The number of aliphatic hydroxyl groups is 1. The second-order valence-electron chi connectivity index (χ2n) is 7.39. The largest absolute Gasteiger partial charge is 0.392 e. The Balaban J connectivity index is 4.21. The van der Waals surface area contributed by atoms with Crippen LogP contribution in [0.4, 0.5) is 0 Å². The minimum Gasteiger partial charge on any atom is -0.392 e. The molecule has 0 spiro atoms. The maximum absolute atomic E-state index is 11.7. The molecule has 20 heavy (non-hydrogen) atoms. The van der Waals surface area contributed by atoms with E-state index in [1.807, 2.05) is 27.7 Å². The molecule has 5 heteroatoms. The molecule has 0 aromatic carbocycles. The summed E-state index contributed by atoms with van der Waals surface area (Å²) in [6.07, 6.45) is -0.494. The molecule has 0 fully saturated rings. The van der Waals surface area contributed by atoms with E-state index in [4.69, 9.17) is 0 Å². The van der Waals surface area contributed by atoms with Crippen LogP contribution in [0.1, 0.15) is 48.5 Å². The molecule has 0 aliphatic rings. The van der Waals surface area contributed by atoms with Crippen LogP contribution in [0.5, 0.6) is 0 Å². The standard InChI is InChI=1S/C15H30N2O3/c1-10(2)12(19)15(6,7)9-17-11(18)8-16-13(20)14(3,4)5/h10,12,19H,8-9H2,1-7H3,(H,16,20)(H,17,18). The second-order valence-corrected chi connectivity index (χ2v) is 7.39. The molecular formula is C15H30N2O3. The summed E-state index contributed by atoms with van der Waals surface area (Å²) in [5, 5.41) is 15.4. The summed E-state index contributed by atoms with van der Waals surface area (Å²) in [7, 11) is 0. The zero-order chi connectivity index (χ0) is 16.1. The van der Waals surface area contributed by atoms with Crippen molar-refractivity contribution in [2.75, 3.05) is 13.1 Å². The molecule has 5 nitrogen and oxygen atoms in total.